The summed E-state index contributed by atoms with van der Waals surface area (Å²) in [5.41, 5.74) is 1.24. The molecule has 2 rings (SSSR count). The van der Waals surface area contributed by atoms with E-state index in [4.69, 9.17) is 23.2 Å². The van der Waals surface area contributed by atoms with Crippen molar-refractivity contribution in [3.63, 3.8) is 0 Å². The molecule has 2 amide bonds. The molecule has 0 aliphatic rings. The molecule has 0 radical (unpaired) electrons. The molecule has 0 saturated carbocycles. The molecule has 0 saturated heterocycles. The monoisotopic (exact) mass is 378 g/mol. The SMILES string of the molecule is Cc1cccc(CNC(=O)C(C)(C)C(=O)Nc2ccc(Cl)cc2Cl)c1. The fraction of sp³-hybridized carbons (Fsp3) is 0.263. The molecular formula is C19H20Cl2N2O2. The van der Waals surface area contributed by atoms with Crippen LogP contribution < -0.4 is 10.6 Å². The van der Waals surface area contributed by atoms with Gasteiger partial charge in [0.2, 0.25) is 11.8 Å². The second-order valence-electron chi connectivity index (χ2n) is 6.38. The predicted octanol–water partition coefficient (Wildman–Crippen LogP) is 4.58. The summed E-state index contributed by atoms with van der Waals surface area (Å²) in [7, 11) is 0. The number of nitrogens with one attached hydrogen (secondary N) is 2. The second kappa shape index (κ2) is 7.89. The Labute approximate surface area is 157 Å². The van der Waals surface area contributed by atoms with Gasteiger partial charge in [-0.1, -0.05) is 53.0 Å². The van der Waals surface area contributed by atoms with Crippen LogP contribution in [0.15, 0.2) is 42.5 Å². The molecule has 6 heteroatoms. The predicted molar refractivity (Wildman–Crippen MR) is 102 cm³/mol. The number of halogens is 2. The van der Waals surface area contributed by atoms with Crippen LogP contribution in [0.2, 0.25) is 10.0 Å². The van der Waals surface area contributed by atoms with Gasteiger partial charge in [-0.25, -0.2) is 0 Å². The van der Waals surface area contributed by atoms with E-state index in [1.807, 2.05) is 31.2 Å². The molecule has 0 bridgehead atoms. The van der Waals surface area contributed by atoms with E-state index in [0.29, 0.717) is 22.3 Å². The Morgan fingerprint density at radius 3 is 2.40 bits per heavy atom. The Bertz CT molecular complexity index is 804. The number of carbonyl (C=O) groups excluding carboxylic acids is 2. The van der Waals surface area contributed by atoms with Crippen molar-refractivity contribution < 1.29 is 9.59 Å². The van der Waals surface area contributed by atoms with Crippen molar-refractivity contribution in [2.45, 2.75) is 27.3 Å². The molecule has 25 heavy (non-hydrogen) atoms. The van der Waals surface area contributed by atoms with E-state index in [9.17, 15) is 9.59 Å². The number of anilines is 1. The number of amides is 2. The van der Waals surface area contributed by atoms with Gasteiger partial charge in [-0.2, -0.15) is 0 Å². The number of carbonyl (C=O) groups is 2. The molecule has 0 aliphatic carbocycles. The summed E-state index contributed by atoms with van der Waals surface area (Å²) in [5, 5.41) is 6.27. The van der Waals surface area contributed by atoms with Gasteiger partial charge in [0.05, 0.1) is 10.7 Å². The maximum absolute atomic E-state index is 12.5. The summed E-state index contributed by atoms with van der Waals surface area (Å²) < 4.78 is 0. The summed E-state index contributed by atoms with van der Waals surface area (Å²) in [6.45, 7) is 5.48. The highest BCUT2D eigenvalue weighted by molar-refractivity contribution is 6.36. The van der Waals surface area contributed by atoms with E-state index in [-0.39, 0.29) is 5.91 Å². The van der Waals surface area contributed by atoms with E-state index in [1.54, 1.807) is 26.0 Å². The van der Waals surface area contributed by atoms with Crippen LogP contribution in [0.1, 0.15) is 25.0 Å². The van der Waals surface area contributed by atoms with Crippen LogP contribution in [0.5, 0.6) is 0 Å². The number of benzene rings is 2. The van der Waals surface area contributed by atoms with Gasteiger partial charge in [-0.15, -0.1) is 0 Å². The second-order valence-corrected chi connectivity index (χ2v) is 7.22. The van der Waals surface area contributed by atoms with Crippen LogP contribution in [-0.4, -0.2) is 11.8 Å². The molecule has 0 unspecified atom stereocenters. The molecule has 0 fully saturated rings. The first-order valence-electron chi connectivity index (χ1n) is 7.80. The molecule has 0 aromatic heterocycles. The van der Waals surface area contributed by atoms with Gasteiger partial charge in [0.1, 0.15) is 5.41 Å². The highest BCUT2D eigenvalue weighted by atomic mass is 35.5. The van der Waals surface area contributed by atoms with Gasteiger partial charge in [0, 0.05) is 11.6 Å². The Hall–Kier alpha value is -2.04. The summed E-state index contributed by atoms with van der Waals surface area (Å²) >= 11 is 11.9. The molecule has 0 atom stereocenters. The maximum atomic E-state index is 12.5. The molecule has 2 N–H and O–H groups in total. The molecule has 132 valence electrons. The smallest absolute Gasteiger partial charge is 0.239 e. The number of hydrogen-bond donors (Lipinski definition) is 2. The van der Waals surface area contributed by atoms with Gasteiger partial charge in [-0.05, 0) is 44.5 Å². The van der Waals surface area contributed by atoms with Crippen LogP contribution in [0, 0.1) is 12.3 Å². The number of aryl methyl sites for hydroxylation is 1. The third-order valence-corrected chi connectivity index (χ3v) is 4.40. The lowest BCUT2D eigenvalue weighted by molar-refractivity contribution is -0.138. The average Bonchev–Trinajstić information content (AvgIpc) is 2.55. The fourth-order valence-corrected chi connectivity index (χ4v) is 2.65. The van der Waals surface area contributed by atoms with E-state index >= 15 is 0 Å². The lowest BCUT2D eigenvalue weighted by atomic mass is 9.90. The number of rotatable bonds is 5. The summed E-state index contributed by atoms with van der Waals surface area (Å²) in [6.07, 6.45) is 0. The standard InChI is InChI=1S/C19H20Cl2N2O2/c1-12-5-4-6-13(9-12)11-22-17(24)19(2,3)18(25)23-16-8-7-14(20)10-15(16)21/h4-10H,11H2,1-3H3,(H,22,24)(H,23,25). The molecule has 0 aliphatic heterocycles. The van der Waals surface area contributed by atoms with Crippen molar-refractivity contribution in [1.82, 2.24) is 5.32 Å². The minimum absolute atomic E-state index is 0.316. The first kappa shape index (κ1) is 19.3. The van der Waals surface area contributed by atoms with E-state index in [1.165, 1.54) is 6.07 Å². The molecule has 0 spiro atoms. The van der Waals surface area contributed by atoms with Gasteiger partial charge in [0.15, 0.2) is 0 Å². The van der Waals surface area contributed by atoms with E-state index < -0.39 is 11.3 Å². The third-order valence-electron chi connectivity index (χ3n) is 3.85. The average molecular weight is 379 g/mol. The minimum atomic E-state index is -1.26. The van der Waals surface area contributed by atoms with Crippen molar-refractivity contribution in [3.8, 4) is 0 Å². The minimum Gasteiger partial charge on any atom is -0.351 e. The van der Waals surface area contributed by atoms with Gasteiger partial charge in [-0.3, -0.25) is 9.59 Å². The van der Waals surface area contributed by atoms with Crippen LogP contribution in [-0.2, 0) is 16.1 Å². The third kappa shape index (κ3) is 4.97. The lowest BCUT2D eigenvalue weighted by Crippen LogP contribution is -2.44. The van der Waals surface area contributed by atoms with Gasteiger partial charge >= 0.3 is 0 Å². The molecule has 2 aromatic carbocycles. The fourth-order valence-electron chi connectivity index (χ4n) is 2.20. The van der Waals surface area contributed by atoms with Crippen molar-refractivity contribution >= 4 is 40.7 Å². The summed E-state index contributed by atoms with van der Waals surface area (Å²) in [5.74, 6) is -0.810. The van der Waals surface area contributed by atoms with E-state index in [0.717, 1.165) is 11.1 Å². The Balaban J connectivity index is 2.03. The zero-order valence-electron chi connectivity index (χ0n) is 14.3. The Morgan fingerprint density at radius 1 is 1.04 bits per heavy atom. The summed E-state index contributed by atoms with van der Waals surface area (Å²) in [4.78, 5) is 25.0. The van der Waals surface area contributed by atoms with Crippen molar-refractivity contribution in [2.24, 2.45) is 5.41 Å². The quantitative estimate of drug-likeness (QED) is 0.747. The van der Waals surface area contributed by atoms with Gasteiger partial charge in [0.25, 0.3) is 0 Å². The zero-order chi connectivity index (χ0) is 18.6. The zero-order valence-corrected chi connectivity index (χ0v) is 15.8. The van der Waals surface area contributed by atoms with Crippen LogP contribution >= 0.6 is 23.2 Å². The molecular weight excluding hydrogens is 359 g/mol. The van der Waals surface area contributed by atoms with E-state index in [2.05, 4.69) is 10.6 Å². The van der Waals surface area contributed by atoms with Crippen LogP contribution in [0.25, 0.3) is 0 Å². The Kier molecular flexibility index (Phi) is 6.09. The number of hydrogen-bond acceptors (Lipinski definition) is 2. The van der Waals surface area contributed by atoms with Crippen LogP contribution in [0.3, 0.4) is 0 Å². The lowest BCUT2D eigenvalue weighted by Gasteiger charge is -2.23. The highest BCUT2D eigenvalue weighted by Gasteiger charge is 2.36. The van der Waals surface area contributed by atoms with Crippen LogP contribution in [0.4, 0.5) is 5.69 Å². The normalized spacial score (nSPS) is 11.1. The first-order chi connectivity index (χ1) is 11.7. The highest BCUT2D eigenvalue weighted by Crippen LogP contribution is 2.27. The van der Waals surface area contributed by atoms with Crippen molar-refractivity contribution in [2.75, 3.05) is 5.32 Å². The Morgan fingerprint density at radius 2 is 1.76 bits per heavy atom. The van der Waals surface area contributed by atoms with Gasteiger partial charge < -0.3 is 10.6 Å². The van der Waals surface area contributed by atoms with Crippen molar-refractivity contribution in [1.29, 1.82) is 0 Å². The molecule has 0 heterocycles. The molecule has 2 aromatic rings. The first-order valence-corrected chi connectivity index (χ1v) is 8.56. The summed E-state index contributed by atoms with van der Waals surface area (Å²) in [6, 6.07) is 12.6. The molecule has 4 nitrogen and oxygen atoms in total. The maximum Gasteiger partial charge on any atom is 0.239 e. The largest absolute Gasteiger partial charge is 0.351 e. The van der Waals surface area contributed by atoms with Crippen molar-refractivity contribution in [3.05, 3.63) is 63.6 Å². The topological polar surface area (TPSA) is 58.2 Å².